The number of ether oxygens (including phenoxy) is 1. The number of para-hydroxylation sites is 1. The first kappa shape index (κ1) is 9.59. The molecular formula is C10H13BrO. The van der Waals surface area contributed by atoms with Gasteiger partial charge in [0.05, 0.1) is 7.11 Å². The fraction of sp³-hybridized carbons (Fsp3) is 0.400. The Morgan fingerprint density at radius 1 is 1.42 bits per heavy atom. The molecule has 0 aliphatic rings. The van der Waals surface area contributed by atoms with E-state index >= 15 is 0 Å². The lowest BCUT2D eigenvalue weighted by Crippen LogP contribution is -1.97. The molecule has 0 N–H and O–H groups in total. The Kier molecular flexibility index (Phi) is 3.60. The van der Waals surface area contributed by atoms with Crippen molar-refractivity contribution < 1.29 is 4.74 Å². The van der Waals surface area contributed by atoms with Gasteiger partial charge in [0.1, 0.15) is 5.75 Å². The molecule has 0 spiro atoms. The van der Waals surface area contributed by atoms with Crippen molar-refractivity contribution in [1.82, 2.24) is 0 Å². The average molecular weight is 229 g/mol. The van der Waals surface area contributed by atoms with Gasteiger partial charge < -0.3 is 4.74 Å². The van der Waals surface area contributed by atoms with Gasteiger partial charge in [0.15, 0.2) is 0 Å². The highest BCUT2D eigenvalue weighted by Crippen LogP contribution is 2.26. The Morgan fingerprint density at radius 2 is 2.08 bits per heavy atom. The highest BCUT2D eigenvalue weighted by molar-refractivity contribution is 9.09. The first-order chi connectivity index (χ1) is 5.79. The summed E-state index contributed by atoms with van der Waals surface area (Å²) in [7, 11) is 1.71. The van der Waals surface area contributed by atoms with Crippen LogP contribution < -0.4 is 4.74 Å². The standard InChI is InChI=1S/C10H13BrO/c1-8(7-11)9-5-3-4-6-10(9)12-2/h3-6,8H,7H2,1-2H3. The number of hydrogen-bond acceptors (Lipinski definition) is 1. The van der Waals surface area contributed by atoms with E-state index in [2.05, 4.69) is 28.9 Å². The number of benzene rings is 1. The van der Waals surface area contributed by atoms with Gasteiger partial charge in [-0.15, -0.1) is 0 Å². The van der Waals surface area contributed by atoms with Crippen LogP contribution in [-0.2, 0) is 0 Å². The van der Waals surface area contributed by atoms with Crippen molar-refractivity contribution in [3.63, 3.8) is 0 Å². The number of alkyl halides is 1. The van der Waals surface area contributed by atoms with Gasteiger partial charge in [0.25, 0.3) is 0 Å². The van der Waals surface area contributed by atoms with Crippen molar-refractivity contribution in [2.45, 2.75) is 12.8 Å². The van der Waals surface area contributed by atoms with Crippen LogP contribution in [0.5, 0.6) is 5.75 Å². The number of halogens is 1. The number of rotatable bonds is 3. The van der Waals surface area contributed by atoms with Gasteiger partial charge in [-0.2, -0.15) is 0 Å². The fourth-order valence-electron chi connectivity index (χ4n) is 1.16. The normalized spacial score (nSPS) is 12.6. The van der Waals surface area contributed by atoms with E-state index in [0.29, 0.717) is 5.92 Å². The summed E-state index contributed by atoms with van der Waals surface area (Å²) in [5.74, 6) is 1.48. The maximum absolute atomic E-state index is 5.25. The summed E-state index contributed by atoms with van der Waals surface area (Å²) in [5, 5.41) is 0.966. The molecule has 0 aliphatic heterocycles. The lowest BCUT2D eigenvalue weighted by molar-refractivity contribution is 0.408. The van der Waals surface area contributed by atoms with Gasteiger partial charge in [0, 0.05) is 5.33 Å². The third-order valence-corrected chi connectivity index (χ3v) is 2.87. The van der Waals surface area contributed by atoms with Gasteiger partial charge in [-0.1, -0.05) is 41.1 Å². The molecule has 0 fully saturated rings. The van der Waals surface area contributed by atoms with Crippen LogP contribution in [0.4, 0.5) is 0 Å². The third kappa shape index (κ3) is 2.01. The first-order valence-corrected chi connectivity index (χ1v) is 5.10. The molecule has 1 rings (SSSR count). The Bertz CT molecular complexity index is 247. The lowest BCUT2D eigenvalue weighted by atomic mass is 10.0. The minimum Gasteiger partial charge on any atom is -0.496 e. The first-order valence-electron chi connectivity index (χ1n) is 3.98. The Morgan fingerprint density at radius 3 is 2.67 bits per heavy atom. The predicted octanol–water partition coefficient (Wildman–Crippen LogP) is 3.19. The third-order valence-electron chi connectivity index (χ3n) is 1.90. The number of hydrogen-bond donors (Lipinski definition) is 0. The van der Waals surface area contributed by atoms with Crippen LogP contribution in [0.3, 0.4) is 0 Å². The smallest absolute Gasteiger partial charge is 0.122 e. The van der Waals surface area contributed by atoms with Crippen molar-refractivity contribution in [2.24, 2.45) is 0 Å². The highest BCUT2D eigenvalue weighted by atomic mass is 79.9. The summed E-state index contributed by atoms with van der Waals surface area (Å²) in [6, 6.07) is 8.12. The van der Waals surface area contributed by atoms with Crippen molar-refractivity contribution in [2.75, 3.05) is 12.4 Å². The molecule has 0 heterocycles. The van der Waals surface area contributed by atoms with Crippen LogP contribution in [0, 0.1) is 0 Å². The minimum absolute atomic E-state index is 0.501. The summed E-state index contributed by atoms with van der Waals surface area (Å²) in [4.78, 5) is 0. The molecule has 0 aliphatic carbocycles. The summed E-state index contributed by atoms with van der Waals surface area (Å²) >= 11 is 3.46. The van der Waals surface area contributed by atoms with Gasteiger partial charge in [-0.05, 0) is 17.5 Å². The largest absolute Gasteiger partial charge is 0.496 e. The molecular weight excluding hydrogens is 216 g/mol. The number of methoxy groups -OCH3 is 1. The highest BCUT2D eigenvalue weighted by Gasteiger charge is 2.08. The predicted molar refractivity (Wildman–Crippen MR) is 55.2 cm³/mol. The minimum atomic E-state index is 0.501. The van der Waals surface area contributed by atoms with E-state index in [0.717, 1.165) is 11.1 Å². The van der Waals surface area contributed by atoms with E-state index in [1.165, 1.54) is 5.56 Å². The maximum atomic E-state index is 5.25. The van der Waals surface area contributed by atoms with Crippen molar-refractivity contribution in [3.05, 3.63) is 29.8 Å². The lowest BCUT2D eigenvalue weighted by Gasteiger charge is -2.12. The zero-order valence-electron chi connectivity index (χ0n) is 7.38. The zero-order chi connectivity index (χ0) is 8.97. The molecule has 12 heavy (non-hydrogen) atoms. The van der Waals surface area contributed by atoms with Gasteiger partial charge in [-0.3, -0.25) is 0 Å². The summed E-state index contributed by atoms with van der Waals surface area (Å²) in [6.07, 6.45) is 0. The van der Waals surface area contributed by atoms with E-state index in [4.69, 9.17) is 4.74 Å². The molecule has 1 aromatic carbocycles. The Balaban J connectivity index is 2.96. The van der Waals surface area contributed by atoms with Crippen molar-refractivity contribution in [3.8, 4) is 5.75 Å². The van der Waals surface area contributed by atoms with E-state index in [9.17, 15) is 0 Å². The molecule has 1 unspecified atom stereocenters. The molecule has 1 atom stereocenters. The second-order valence-corrected chi connectivity index (χ2v) is 3.44. The molecule has 0 amide bonds. The molecule has 0 saturated carbocycles. The fourth-order valence-corrected chi connectivity index (χ4v) is 1.51. The van der Waals surface area contributed by atoms with Crippen LogP contribution in [0.25, 0.3) is 0 Å². The quantitative estimate of drug-likeness (QED) is 0.723. The van der Waals surface area contributed by atoms with Crippen LogP contribution in [0.2, 0.25) is 0 Å². The molecule has 1 nitrogen and oxygen atoms in total. The van der Waals surface area contributed by atoms with E-state index in [-0.39, 0.29) is 0 Å². The van der Waals surface area contributed by atoms with Gasteiger partial charge in [-0.25, -0.2) is 0 Å². The Labute approximate surface area is 81.9 Å². The topological polar surface area (TPSA) is 9.23 Å². The summed E-state index contributed by atoms with van der Waals surface area (Å²) < 4.78 is 5.25. The van der Waals surface area contributed by atoms with Crippen LogP contribution in [0.15, 0.2) is 24.3 Å². The van der Waals surface area contributed by atoms with Crippen LogP contribution in [-0.4, -0.2) is 12.4 Å². The van der Waals surface area contributed by atoms with Crippen molar-refractivity contribution >= 4 is 15.9 Å². The van der Waals surface area contributed by atoms with Gasteiger partial charge in [0.2, 0.25) is 0 Å². The molecule has 1 aromatic rings. The summed E-state index contributed by atoms with van der Waals surface area (Å²) in [5.41, 5.74) is 1.26. The summed E-state index contributed by atoms with van der Waals surface area (Å²) in [6.45, 7) is 2.17. The second kappa shape index (κ2) is 4.51. The van der Waals surface area contributed by atoms with E-state index in [1.807, 2.05) is 18.2 Å². The SMILES string of the molecule is COc1ccccc1C(C)CBr. The molecule has 0 radical (unpaired) electrons. The Hall–Kier alpha value is -0.500. The second-order valence-electron chi connectivity index (χ2n) is 2.80. The molecule has 0 aromatic heterocycles. The average Bonchev–Trinajstić information content (AvgIpc) is 2.16. The maximum Gasteiger partial charge on any atom is 0.122 e. The monoisotopic (exact) mass is 228 g/mol. The van der Waals surface area contributed by atoms with Crippen molar-refractivity contribution in [1.29, 1.82) is 0 Å². The van der Waals surface area contributed by atoms with E-state index < -0.39 is 0 Å². The molecule has 0 bridgehead atoms. The van der Waals surface area contributed by atoms with Crippen LogP contribution >= 0.6 is 15.9 Å². The van der Waals surface area contributed by atoms with E-state index in [1.54, 1.807) is 7.11 Å². The van der Waals surface area contributed by atoms with Gasteiger partial charge >= 0.3 is 0 Å². The van der Waals surface area contributed by atoms with Crippen LogP contribution in [0.1, 0.15) is 18.4 Å². The molecule has 66 valence electrons. The molecule has 2 heteroatoms. The zero-order valence-corrected chi connectivity index (χ0v) is 8.97. The molecule has 0 saturated heterocycles.